The lowest BCUT2D eigenvalue weighted by atomic mass is 10.1. The molecule has 0 N–H and O–H groups in total. The Morgan fingerprint density at radius 3 is 3.04 bits per heavy atom. The van der Waals surface area contributed by atoms with Crippen LogP contribution in [0.5, 0.6) is 0 Å². The number of imidazole rings is 1. The van der Waals surface area contributed by atoms with Crippen LogP contribution in [0.3, 0.4) is 0 Å². The molecule has 3 aromatic heterocycles. The molecule has 24 heavy (non-hydrogen) atoms. The summed E-state index contributed by atoms with van der Waals surface area (Å²) in [5.74, 6) is 2.19. The van der Waals surface area contributed by atoms with Gasteiger partial charge in [0.2, 0.25) is 0 Å². The summed E-state index contributed by atoms with van der Waals surface area (Å²) in [5.41, 5.74) is 0.989. The second-order valence-corrected chi connectivity index (χ2v) is 7.57. The maximum Gasteiger partial charge on any atom is 0.156 e. The number of nitrogens with zero attached hydrogens (tertiary/aromatic N) is 3. The Bertz CT molecular complexity index is 812. The topological polar surface area (TPSA) is 53.1 Å². The van der Waals surface area contributed by atoms with E-state index < -0.39 is 0 Å². The van der Waals surface area contributed by atoms with E-state index in [0.29, 0.717) is 12.5 Å². The van der Waals surface area contributed by atoms with E-state index in [9.17, 15) is 0 Å². The minimum Gasteiger partial charge on any atom is -0.373 e. The number of ether oxygens (including phenoxy) is 1. The zero-order valence-electron chi connectivity index (χ0n) is 13.9. The highest BCUT2D eigenvalue weighted by molar-refractivity contribution is 7.15. The SMILES string of the molecule is CC(C)c1cc(Cn2ccnc2-c2ccc([C@H]3CCCO3)s2)on1. The zero-order chi connectivity index (χ0) is 16.5. The van der Waals surface area contributed by atoms with Gasteiger partial charge in [0.15, 0.2) is 5.76 Å². The van der Waals surface area contributed by atoms with E-state index >= 15 is 0 Å². The molecule has 1 aliphatic heterocycles. The van der Waals surface area contributed by atoms with Crippen molar-refractivity contribution in [3.8, 4) is 10.7 Å². The predicted octanol–water partition coefficient (Wildman–Crippen LogP) is 4.62. The van der Waals surface area contributed by atoms with Gasteiger partial charge >= 0.3 is 0 Å². The van der Waals surface area contributed by atoms with Crippen molar-refractivity contribution in [3.63, 3.8) is 0 Å². The Morgan fingerprint density at radius 1 is 1.38 bits per heavy atom. The second kappa shape index (κ2) is 6.53. The first-order valence-electron chi connectivity index (χ1n) is 8.39. The average Bonchev–Trinajstić information content (AvgIpc) is 3.35. The summed E-state index contributed by atoms with van der Waals surface area (Å²) in [4.78, 5) is 6.99. The van der Waals surface area contributed by atoms with Gasteiger partial charge in [-0.1, -0.05) is 19.0 Å². The van der Waals surface area contributed by atoms with Gasteiger partial charge in [0, 0.05) is 29.9 Å². The van der Waals surface area contributed by atoms with E-state index in [-0.39, 0.29) is 6.10 Å². The molecule has 0 aromatic carbocycles. The highest BCUT2D eigenvalue weighted by atomic mass is 32.1. The van der Waals surface area contributed by atoms with Gasteiger partial charge < -0.3 is 13.8 Å². The highest BCUT2D eigenvalue weighted by Gasteiger charge is 2.21. The molecule has 0 amide bonds. The normalized spacial score (nSPS) is 17.9. The van der Waals surface area contributed by atoms with E-state index in [4.69, 9.17) is 9.26 Å². The number of aromatic nitrogens is 3. The Kier molecular flexibility index (Phi) is 4.24. The van der Waals surface area contributed by atoms with Crippen LogP contribution in [-0.2, 0) is 11.3 Å². The molecular weight excluding hydrogens is 322 g/mol. The summed E-state index contributed by atoms with van der Waals surface area (Å²) in [5, 5.41) is 4.13. The lowest BCUT2D eigenvalue weighted by molar-refractivity contribution is 0.114. The van der Waals surface area contributed by atoms with E-state index in [0.717, 1.165) is 41.6 Å². The van der Waals surface area contributed by atoms with Crippen molar-refractivity contribution >= 4 is 11.3 Å². The lowest BCUT2D eigenvalue weighted by Crippen LogP contribution is -1.99. The Balaban J connectivity index is 1.55. The van der Waals surface area contributed by atoms with Crippen LogP contribution in [0.2, 0.25) is 0 Å². The van der Waals surface area contributed by atoms with Gasteiger partial charge in [0.1, 0.15) is 5.82 Å². The lowest BCUT2D eigenvalue weighted by Gasteiger charge is -2.06. The number of thiophene rings is 1. The molecule has 1 fully saturated rings. The molecule has 0 bridgehead atoms. The molecule has 0 unspecified atom stereocenters. The van der Waals surface area contributed by atoms with Crippen molar-refractivity contribution in [2.75, 3.05) is 6.61 Å². The quantitative estimate of drug-likeness (QED) is 0.678. The van der Waals surface area contributed by atoms with Crippen molar-refractivity contribution in [2.45, 2.75) is 45.3 Å². The molecule has 5 nitrogen and oxygen atoms in total. The largest absolute Gasteiger partial charge is 0.373 e. The van der Waals surface area contributed by atoms with Crippen molar-refractivity contribution < 1.29 is 9.26 Å². The van der Waals surface area contributed by atoms with E-state index in [1.807, 2.05) is 18.5 Å². The van der Waals surface area contributed by atoms with Gasteiger partial charge in [-0.15, -0.1) is 11.3 Å². The molecule has 0 aliphatic carbocycles. The highest BCUT2D eigenvalue weighted by Crippen LogP contribution is 2.36. The minimum atomic E-state index is 0.259. The first-order chi connectivity index (χ1) is 11.7. The van der Waals surface area contributed by atoms with Crippen LogP contribution in [0.4, 0.5) is 0 Å². The van der Waals surface area contributed by atoms with E-state index in [1.54, 1.807) is 11.3 Å². The summed E-state index contributed by atoms with van der Waals surface area (Å²) in [6, 6.07) is 6.33. The molecular formula is C18H21N3O2S. The fourth-order valence-electron chi connectivity index (χ4n) is 2.95. The maximum atomic E-state index is 5.78. The fraction of sp³-hybridized carbons (Fsp3) is 0.444. The third kappa shape index (κ3) is 3.03. The van der Waals surface area contributed by atoms with Crippen LogP contribution in [-0.4, -0.2) is 21.3 Å². The van der Waals surface area contributed by atoms with Gasteiger partial charge in [-0.25, -0.2) is 4.98 Å². The van der Waals surface area contributed by atoms with Crippen LogP contribution in [0.1, 0.15) is 55.0 Å². The first kappa shape index (κ1) is 15.6. The van der Waals surface area contributed by atoms with Gasteiger partial charge in [-0.2, -0.15) is 0 Å². The molecule has 3 aromatic rings. The Morgan fingerprint density at radius 2 is 2.29 bits per heavy atom. The molecule has 0 saturated carbocycles. The molecule has 1 atom stereocenters. The standard InChI is InChI=1S/C18H21N3O2S/c1-12(2)14-10-13(23-20-14)11-21-8-7-19-18(21)17-6-5-16(24-17)15-4-3-9-22-15/h5-8,10,12,15H,3-4,9,11H2,1-2H3/t15-/m1/s1. The van der Waals surface area contributed by atoms with E-state index in [2.05, 4.69) is 40.7 Å². The van der Waals surface area contributed by atoms with Crippen LogP contribution >= 0.6 is 11.3 Å². The molecule has 0 radical (unpaired) electrons. The molecule has 4 rings (SSSR count). The molecule has 1 aliphatic rings. The number of rotatable bonds is 5. The monoisotopic (exact) mass is 343 g/mol. The Hall–Kier alpha value is -1.92. The summed E-state index contributed by atoms with van der Waals surface area (Å²) < 4.78 is 13.3. The van der Waals surface area contributed by atoms with Crippen LogP contribution < -0.4 is 0 Å². The third-order valence-corrected chi connectivity index (χ3v) is 5.48. The minimum absolute atomic E-state index is 0.259. The Labute approximate surface area is 145 Å². The summed E-state index contributed by atoms with van der Waals surface area (Å²) >= 11 is 1.77. The fourth-order valence-corrected chi connectivity index (χ4v) is 4.06. The molecule has 0 spiro atoms. The maximum absolute atomic E-state index is 5.78. The summed E-state index contributed by atoms with van der Waals surface area (Å²) in [6.07, 6.45) is 6.34. The second-order valence-electron chi connectivity index (χ2n) is 6.46. The summed E-state index contributed by atoms with van der Waals surface area (Å²) in [7, 11) is 0. The van der Waals surface area contributed by atoms with Gasteiger partial charge in [0.25, 0.3) is 0 Å². The molecule has 126 valence electrons. The van der Waals surface area contributed by atoms with Crippen molar-refractivity contribution in [3.05, 3.63) is 46.9 Å². The number of hydrogen-bond donors (Lipinski definition) is 0. The summed E-state index contributed by atoms with van der Waals surface area (Å²) in [6.45, 7) is 5.74. The van der Waals surface area contributed by atoms with Crippen LogP contribution in [0.15, 0.2) is 35.1 Å². The van der Waals surface area contributed by atoms with Gasteiger partial charge in [-0.05, 0) is 30.9 Å². The molecule has 6 heteroatoms. The van der Waals surface area contributed by atoms with Crippen molar-refractivity contribution in [1.29, 1.82) is 0 Å². The molecule has 4 heterocycles. The van der Waals surface area contributed by atoms with E-state index in [1.165, 1.54) is 4.88 Å². The van der Waals surface area contributed by atoms with Crippen LogP contribution in [0, 0.1) is 0 Å². The average molecular weight is 343 g/mol. The van der Waals surface area contributed by atoms with Gasteiger partial charge in [0.05, 0.1) is 23.2 Å². The predicted molar refractivity (Wildman–Crippen MR) is 93.2 cm³/mol. The van der Waals surface area contributed by atoms with Crippen molar-refractivity contribution in [1.82, 2.24) is 14.7 Å². The van der Waals surface area contributed by atoms with Crippen molar-refractivity contribution in [2.24, 2.45) is 0 Å². The van der Waals surface area contributed by atoms with Crippen LogP contribution in [0.25, 0.3) is 10.7 Å². The zero-order valence-corrected chi connectivity index (χ0v) is 14.8. The molecule has 1 saturated heterocycles. The number of hydrogen-bond acceptors (Lipinski definition) is 5. The first-order valence-corrected chi connectivity index (χ1v) is 9.20. The third-order valence-electron chi connectivity index (χ3n) is 4.30. The smallest absolute Gasteiger partial charge is 0.156 e. The van der Waals surface area contributed by atoms with Gasteiger partial charge in [-0.3, -0.25) is 0 Å².